The van der Waals surface area contributed by atoms with Crippen molar-refractivity contribution in [2.75, 3.05) is 13.7 Å². The third-order valence-corrected chi connectivity index (χ3v) is 3.07. The van der Waals surface area contributed by atoms with Crippen LogP contribution in [0.2, 0.25) is 0 Å². The summed E-state index contributed by atoms with van der Waals surface area (Å²) in [5, 5.41) is 12.6. The van der Waals surface area contributed by atoms with E-state index in [9.17, 15) is 9.50 Å². The molecule has 0 fully saturated rings. The summed E-state index contributed by atoms with van der Waals surface area (Å²) in [6.07, 6.45) is -0.583. The second-order valence-electron chi connectivity index (χ2n) is 4.82. The molecular formula is C14H22FNO2. The molecule has 102 valence electrons. The molecule has 0 spiro atoms. The Morgan fingerprint density at radius 1 is 1.33 bits per heavy atom. The van der Waals surface area contributed by atoms with Gasteiger partial charge in [-0.2, -0.15) is 0 Å². The van der Waals surface area contributed by atoms with Gasteiger partial charge in [0.15, 0.2) is 11.6 Å². The standard InChI is InChI=1S/C14H22FNO2/c1-9(2)13(17)8-18-14-6-5-11(7-12(14)15)10(3)16-4/h5-7,9-10,13,16-17H,8H2,1-4H3. The van der Waals surface area contributed by atoms with Gasteiger partial charge in [-0.05, 0) is 37.6 Å². The van der Waals surface area contributed by atoms with Gasteiger partial charge in [-0.25, -0.2) is 4.39 Å². The van der Waals surface area contributed by atoms with Crippen LogP contribution in [0.3, 0.4) is 0 Å². The maximum Gasteiger partial charge on any atom is 0.165 e. The molecule has 1 rings (SSSR count). The van der Waals surface area contributed by atoms with E-state index in [1.165, 1.54) is 6.07 Å². The van der Waals surface area contributed by atoms with Crippen molar-refractivity contribution in [3.05, 3.63) is 29.6 Å². The molecule has 2 N–H and O–H groups in total. The van der Waals surface area contributed by atoms with Gasteiger partial charge in [-0.3, -0.25) is 0 Å². The van der Waals surface area contributed by atoms with E-state index in [0.717, 1.165) is 5.56 Å². The van der Waals surface area contributed by atoms with Crippen molar-refractivity contribution >= 4 is 0 Å². The van der Waals surface area contributed by atoms with Gasteiger partial charge in [0.2, 0.25) is 0 Å². The Balaban J connectivity index is 2.68. The highest BCUT2D eigenvalue weighted by Gasteiger charge is 2.13. The summed E-state index contributed by atoms with van der Waals surface area (Å²) in [5.74, 6) is -0.121. The summed E-state index contributed by atoms with van der Waals surface area (Å²) < 4.78 is 19.0. The number of aliphatic hydroxyl groups is 1. The highest BCUT2D eigenvalue weighted by atomic mass is 19.1. The van der Waals surface area contributed by atoms with Crippen LogP contribution in [0.4, 0.5) is 4.39 Å². The van der Waals surface area contributed by atoms with Crippen LogP contribution in [-0.2, 0) is 0 Å². The molecule has 0 aliphatic carbocycles. The Morgan fingerprint density at radius 3 is 2.50 bits per heavy atom. The van der Waals surface area contributed by atoms with Crippen molar-refractivity contribution in [3.63, 3.8) is 0 Å². The summed E-state index contributed by atoms with van der Waals surface area (Å²) in [6, 6.07) is 4.97. The molecule has 2 unspecified atom stereocenters. The number of ether oxygens (including phenoxy) is 1. The third kappa shape index (κ3) is 3.96. The Morgan fingerprint density at radius 2 is 2.00 bits per heavy atom. The number of rotatable bonds is 6. The van der Waals surface area contributed by atoms with Crippen molar-refractivity contribution in [2.45, 2.75) is 32.9 Å². The van der Waals surface area contributed by atoms with Gasteiger partial charge in [-0.1, -0.05) is 19.9 Å². The largest absolute Gasteiger partial charge is 0.488 e. The van der Waals surface area contributed by atoms with Gasteiger partial charge in [0.25, 0.3) is 0 Å². The molecule has 1 aromatic rings. The van der Waals surface area contributed by atoms with Crippen LogP contribution in [0.5, 0.6) is 5.75 Å². The molecule has 0 aliphatic heterocycles. The zero-order chi connectivity index (χ0) is 13.7. The lowest BCUT2D eigenvalue weighted by molar-refractivity contribution is 0.0684. The van der Waals surface area contributed by atoms with E-state index in [0.29, 0.717) is 0 Å². The minimum Gasteiger partial charge on any atom is -0.488 e. The first kappa shape index (κ1) is 14.9. The van der Waals surface area contributed by atoms with E-state index in [4.69, 9.17) is 4.74 Å². The fraction of sp³-hybridized carbons (Fsp3) is 0.571. The zero-order valence-electron chi connectivity index (χ0n) is 11.4. The zero-order valence-corrected chi connectivity index (χ0v) is 11.4. The number of aliphatic hydroxyl groups excluding tert-OH is 1. The lowest BCUT2D eigenvalue weighted by Gasteiger charge is -2.16. The summed E-state index contributed by atoms with van der Waals surface area (Å²) in [5.41, 5.74) is 0.867. The predicted molar refractivity (Wildman–Crippen MR) is 70.2 cm³/mol. The summed E-state index contributed by atoms with van der Waals surface area (Å²) in [6.45, 7) is 5.84. The first-order valence-corrected chi connectivity index (χ1v) is 6.23. The van der Waals surface area contributed by atoms with Gasteiger partial charge in [0.1, 0.15) is 6.61 Å². The molecule has 18 heavy (non-hydrogen) atoms. The molecular weight excluding hydrogens is 233 g/mol. The first-order valence-electron chi connectivity index (χ1n) is 6.23. The highest BCUT2D eigenvalue weighted by Crippen LogP contribution is 2.22. The molecule has 0 aliphatic rings. The molecule has 2 atom stereocenters. The number of hydrogen-bond acceptors (Lipinski definition) is 3. The Kier molecular flexibility index (Phi) is 5.56. The monoisotopic (exact) mass is 255 g/mol. The lowest BCUT2D eigenvalue weighted by atomic mass is 10.1. The van der Waals surface area contributed by atoms with Crippen LogP contribution in [0.25, 0.3) is 0 Å². The van der Waals surface area contributed by atoms with Gasteiger partial charge in [0, 0.05) is 6.04 Å². The second kappa shape index (κ2) is 6.71. The molecule has 1 aromatic carbocycles. The maximum atomic E-state index is 13.8. The van der Waals surface area contributed by atoms with Crippen molar-refractivity contribution < 1.29 is 14.2 Å². The minimum absolute atomic E-state index is 0.0924. The Bertz CT molecular complexity index is 382. The number of halogens is 1. The van der Waals surface area contributed by atoms with Crippen molar-refractivity contribution in [3.8, 4) is 5.75 Å². The number of hydrogen-bond donors (Lipinski definition) is 2. The van der Waals surface area contributed by atoms with Crippen LogP contribution in [-0.4, -0.2) is 24.9 Å². The smallest absolute Gasteiger partial charge is 0.165 e. The topological polar surface area (TPSA) is 41.5 Å². The van der Waals surface area contributed by atoms with Crippen LogP contribution >= 0.6 is 0 Å². The fourth-order valence-electron chi connectivity index (χ4n) is 1.44. The molecule has 0 radical (unpaired) electrons. The average molecular weight is 255 g/mol. The quantitative estimate of drug-likeness (QED) is 0.820. The highest BCUT2D eigenvalue weighted by molar-refractivity contribution is 5.30. The molecule has 0 saturated carbocycles. The SMILES string of the molecule is CNC(C)c1ccc(OCC(O)C(C)C)c(F)c1. The van der Waals surface area contributed by atoms with Crippen molar-refractivity contribution in [2.24, 2.45) is 5.92 Å². The summed E-state index contributed by atoms with van der Waals surface area (Å²) in [4.78, 5) is 0. The van der Waals surface area contributed by atoms with E-state index in [1.54, 1.807) is 6.07 Å². The van der Waals surface area contributed by atoms with E-state index >= 15 is 0 Å². The summed E-state index contributed by atoms with van der Waals surface area (Å²) >= 11 is 0. The Labute approximate surface area is 108 Å². The second-order valence-corrected chi connectivity index (χ2v) is 4.82. The molecule has 3 nitrogen and oxygen atoms in total. The fourth-order valence-corrected chi connectivity index (χ4v) is 1.44. The van der Waals surface area contributed by atoms with Crippen LogP contribution in [0.1, 0.15) is 32.4 Å². The number of benzene rings is 1. The lowest BCUT2D eigenvalue weighted by Crippen LogP contribution is -2.23. The van der Waals surface area contributed by atoms with E-state index < -0.39 is 11.9 Å². The van der Waals surface area contributed by atoms with E-state index in [-0.39, 0.29) is 24.3 Å². The van der Waals surface area contributed by atoms with Crippen LogP contribution in [0, 0.1) is 11.7 Å². The number of nitrogens with one attached hydrogen (secondary N) is 1. The molecule has 0 heterocycles. The molecule has 0 aromatic heterocycles. The van der Waals surface area contributed by atoms with Crippen LogP contribution in [0.15, 0.2) is 18.2 Å². The molecule has 0 bridgehead atoms. The van der Waals surface area contributed by atoms with E-state index in [2.05, 4.69) is 5.32 Å². The van der Waals surface area contributed by atoms with Gasteiger partial charge < -0.3 is 15.2 Å². The average Bonchev–Trinajstić information content (AvgIpc) is 2.35. The maximum absolute atomic E-state index is 13.8. The minimum atomic E-state index is -0.583. The van der Waals surface area contributed by atoms with Crippen LogP contribution < -0.4 is 10.1 Å². The van der Waals surface area contributed by atoms with Gasteiger partial charge in [0.05, 0.1) is 6.10 Å². The molecule has 4 heteroatoms. The summed E-state index contributed by atoms with van der Waals surface area (Å²) in [7, 11) is 1.83. The van der Waals surface area contributed by atoms with Crippen molar-refractivity contribution in [1.29, 1.82) is 0 Å². The third-order valence-electron chi connectivity index (χ3n) is 3.07. The predicted octanol–water partition coefficient (Wildman–Crippen LogP) is 2.50. The molecule has 0 amide bonds. The Hall–Kier alpha value is -1.13. The normalized spacial score (nSPS) is 14.6. The van der Waals surface area contributed by atoms with Crippen molar-refractivity contribution in [1.82, 2.24) is 5.32 Å². The van der Waals surface area contributed by atoms with Gasteiger partial charge >= 0.3 is 0 Å². The van der Waals surface area contributed by atoms with Gasteiger partial charge in [-0.15, -0.1) is 0 Å². The van der Waals surface area contributed by atoms with E-state index in [1.807, 2.05) is 33.9 Å². The first-order chi connectivity index (χ1) is 8.45. The molecule has 0 saturated heterocycles.